The predicted octanol–water partition coefficient (Wildman–Crippen LogP) is 1.27. The van der Waals surface area contributed by atoms with Crippen molar-refractivity contribution in [3.8, 4) is 0 Å². The molecule has 118 valence electrons. The van der Waals surface area contributed by atoms with E-state index in [0.717, 1.165) is 24.8 Å². The Kier molecular flexibility index (Phi) is 5.75. The fourth-order valence-corrected chi connectivity index (χ4v) is 4.54. The highest BCUT2D eigenvalue weighted by Gasteiger charge is 2.32. The molecule has 2 rings (SSSR count). The van der Waals surface area contributed by atoms with Crippen molar-refractivity contribution in [3.63, 3.8) is 0 Å². The van der Waals surface area contributed by atoms with Crippen LogP contribution in [0.1, 0.15) is 31.7 Å². The first-order valence-electron chi connectivity index (χ1n) is 7.56. The van der Waals surface area contributed by atoms with E-state index in [-0.39, 0.29) is 12.1 Å². The average Bonchev–Trinajstić information content (AvgIpc) is 2.47. The molecule has 21 heavy (non-hydrogen) atoms. The molecule has 1 aliphatic rings. The van der Waals surface area contributed by atoms with Gasteiger partial charge in [-0.05, 0) is 31.7 Å². The average molecular weight is 311 g/mol. The van der Waals surface area contributed by atoms with Gasteiger partial charge in [0, 0.05) is 25.2 Å². The van der Waals surface area contributed by atoms with Crippen LogP contribution in [-0.4, -0.2) is 37.9 Å². The van der Waals surface area contributed by atoms with E-state index < -0.39 is 10.2 Å². The standard InChI is InChI=1S/C15H25N3O2S/c1-13(11-14-7-3-2-4-8-14)17-21(19,20)18-10-6-5-9-15(18)12-16/h2-4,7-8,13,15,17H,5-6,9-12,16H2,1H3. The topological polar surface area (TPSA) is 75.4 Å². The van der Waals surface area contributed by atoms with Crippen molar-refractivity contribution < 1.29 is 8.42 Å². The number of nitrogens with zero attached hydrogens (tertiary/aromatic N) is 1. The highest BCUT2D eigenvalue weighted by atomic mass is 32.2. The van der Waals surface area contributed by atoms with Crippen molar-refractivity contribution in [1.82, 2.24) is 9.03 Å². The summed E-state index contributed by atoms with van der Waals surface area (Å²) in [4.78, 5) is 0. The van der Waals surface area contributed by atoms with Crippen LogP contribution in [0.2, 0.25) is 0 Å². The lowest BCUT2D eigenvalue weighted by atomic mass is 10.1. The van der Waals surface area contributed by atoms with Crippen molar-refractivity contribution in [3.05, 3.63) is 35.9 Å². The number of piperidine rings is 1. The van der Waals surface area contributed by atoms with Crippen molar-refractivity contribution in [2.45, 2.75) is 44.7 Å². The third-order valence-corrected chi connectivity index (χ3v) is 5.69. The minimum absolute atomic E-state index is 0.0693. The van der Waals surface area contributed by atoms with Gasteiger partial charge >= 0.3 is 0 Å². The lowest BCUT2D eigenvalue weighted by molar-refractivity contribution is 0.253. The minimum Gasteiger partial charge on any atom is -0.329 e. The summed E-state index contributed by atoms with van der Waals surface area (Å²) < 4.78 is 29.4. The van der Waals surface area contributed by atoms with Gasteiger partial charge in [0.25, 0.3) is 10.2 Å². The molecule has 0 amide bonds. The molecule has 0 saturated carbocycles. The van der Waals surface area contributed by atoms with Gasteiger partial charge in [0.2, 0.25) is 0 Å². The second-order valence-corrected chi connectivity index (χ2v) is 7.36. The summed E-state index contributed by atoms with van der Waals surface area (Å²) in [5.41, 5.74) is 6.84. The molecule has 1 heterocycles. The third kappa shape index (κ3) is 4.51. The molecule has 0 radical (unpaired) electrons. The Morgan fingerprint density at radius 2 is 2.05 bits per heavy atom. The van der Waals surface area contributed by atoms with E-state index in [0.29, 0.717) is 19.5 Å². The number of rotatable bonds is 6. The Bertz CT molecular complexity index is 533. The first-order chi connectivity index (χ1) is 10.0. The van der Waals surface area contributed by atoms with Gasteiger partial charge < -0.3 is 5.73 Å². The third-order valence-electron chi connectivity index (χ3n) is 3.89. The van der Waals surface area contributed by atoms with Gasteiger partial charge in [-0.2, -0.15) is 17.4 Å². The Balaban J connectivity index is 1.99. The van der Waals surface area contributed by atoms with Crippen LogP contribution >= 0.6 is 0 Å². The molecule has 3 N–H and O–H groups in total. The number of nitrogens with one attached hydrogen (secondary N) is 1. The van der Waals surface area contributed by atoms with Gasteiger partial charge in [-0.1, -0.05) is 36.8 Å². The lowest BCUT2D eigenvalue weighted by Gasteiger charge is -2.34. The van der Waals surface area contributed by atoms with Gasteiger partial charge in [0.05, 0.1) is 0 Å². The fourth-order valence-electron chi connectivity index (χ4n) is 2.86. The van der Waals surface area contributed by atoms with Crippen LogP contribution in [0, 0.1) is 0 Å². The first-order valence-corrected chi connectivity index (χ1v) is 9.00. The second-order valence-electron chi connectivity index (χ2n) is 5.71. The Labute approximate surface area is 127 Å². The summed E-state index contributed by atoms with van der Waals surface area (Å²) in [5, 5.41) is 0. The molecule has 0 bridgehead atoms. The molecule has 1 aromatic rings. The maximum absolute atomic E-state index is 12.5. The number of hydrogen-bond donors (Lipinski definition) is 2. The zero-order valence-corrected chi connectivity index (χ0v) is 13.3. The monoisotopic (exact) mass is 311 g/mol. The van der Waals surface area contributed by atoms with Crippen LogP contribution in [0.5, 0.6) is 0 Å². The zero-order valence-electron chi connectivity index (χ0n) is 12.5. The Morgan fingerprint density at radius 3 is 2.71 bits per heavy atom. The molecule has 1 fully saturated rings. The SMILES string of the molecule is CC(Cc1ccccc1)NS(=O)(=O)N1CCCCC1CN. The van der Waals surface area contributed by atoms with Gasteiger partial charge in [-0.15, -0.1) is 0 Å². The first kappa shape index (κ1) is 16.4. The molecule has 1 saturated heterocycles. The maximum Gasteiger partial charge on any atom is 0.279 e. The van der Waals surface area contributed by atoms with Crippen molar-refractivity contribution in [2.24, 2.45) is 5.73 Å². The summed E-state index contributed by atoms with van der Waals surface area (Å²) in [6, 6.07) is 9.69. The molecular formula is C15H25N3O2S. The quantitative estimate of drug-likeness (QED) is 0.830. The highest BCUT2D eigenvalue weighted by molar-refractivity contribution is 7.87. The molecule has 5 nitrogen and oxygen atoms in total. The van der Waals surface area contributed by atoms with Crippen LogP contribution in [-0.2, 0) is 16.6 Å². The molecule has 6 heteroatoms. The van der Waals surface area contributed by atoms with E-state index in [4.69, 9.17) is 5.73 Å². The summed E-state index contributed by atoms with van der Waals surface area (Å²) in [6.07, 6.45) is 3.49. The van der Waals surface area contributed by atoms with Gasteiger partial charge in [-0.25, -0.2) is 0 Å². The summed E-state index contributed by atoms with van der Waals surface area (Å²) >= 11 is 0. The molecule has 1 aromatic carbocycles. The highest BCUT2D eigenvalue weighted by Crippen LogP contribution is 2.19. The predicted molar refractivity (Wildman–Crippen MR) is 85.1 cm³/mol. The van der Waals surface area contributed by atoms with Gasteiger partial charge in [-0.3, -0.25) is 0 Å². The molecule has 2 atom stereocenters. The van der Waals surface area contributed by atoms with Crippen LogP contribution in [0.4, 0.5) is 0 Å². The van der Waals surface area contributed by atoms with E-state index >= 15 is 0 Å². The number of nitrogens with two attached hydrogens (primary N) is 1. The van der Waals surface area contributed by atoms with E-state index in [1.54, 1.807) is 0 Å². The van der Waals surface area contributed by atoms with E-state index in [1.165, 1.54) is 4.31 Å². The van der Waals surface area contributed by atoms with Crippen molar-refractivity contribution in [2.75, 3.05) is 13.1 Å². The normalized spacial score (nSPS) is 22.1. The van der Waals surface area contributed by atoms with Gasteiger partial charge in [0.15, 0.2) is 0 Å². The molecule has 1 aliphatic heterocycles. The van der Waals surface area contributed by atoms with Crippen LogP contribution in [0.15, 0.2) is 30.3 Å². The Morgan fingerprint density at radius 1 is 1.33 bits per heavy atom. The molecular weight excluding hydrogens is 286 g/mol. The largest absolute Gasteiger partial charge is 0.329 e. The second kappa shape index (κ2) is 7.35. The van der Waals surface area contributed by atoms with Crippen LogP contribution in [0.25, 0.3) is 0 Å². The maximum atomic E-state index is 12.5. The summed E-state index contributed by atoms with van der Waals surface area (Å²) in [5.74, 6) is 0. The zero-order chi connectivity index (χ0) is 15.3. The van der Waals surface area contributed by atoms with E-state index in [9.17, 15) is 8.42 Å². The molecule has 0 spiro atoms. The van der Waals surface area contributed by atoms with Crippen LogP contribution in [0.3, 0.4) is 0 Å². The van der Waals surface area contributed by atoms with E-state index in [2.05, 4.69) is 4.72 Å². The van der Waals surface area contributed by atoms with Crippen molar-refractivity contribution >= 4 is 10.2 Å². The molecule has 0 aromatic heterocycles. The van der Waals surface area contributed by atoms with Crippen molar-refractivity contribution in [1.29, 1.82) is 0 Å². The number of hydrogen-bond acceptors (Lipinski definition) is 3. The number of benzene rings is 1. The molecule has 2 unspecified atom stereocenters. The Hall–Kier alpha value is -0.950. The summed E-state index contributed by atoms with van der Waals surface area (Å²) in [7, 11) is -3.46. The minimum atomic E-state index is -3.46. The molecule has 0 aliphatic carbocycles. The summed E-state index contributed by atoms with van der Waals surface area (Å²) in [6.45, 7) is 2.84. The van der Waals surface area contributed by atoms with E-state index in [1.807, 2.05) is 37.3 Å². The van der Waals surface area contributed by atoms with Gasteiger partial charge in [0.1, 0.15) is 0 Å². The fraction of sp³-hybridized carbons (Fsp3) is 0.600. The lowest BCUT2D eigenvalue weighted by Crippen LogP contribution is -2.53. The van der Waals surface area contributed by atoms with Crippen LogP contribution < -0.4 is 10.5 Å². The smallest absolute Gasteiger partial charge is 0.279 e.